The van der Waals surface area contributed by atoms with Gasteiger partial charge in [-0.15, -0.1) is 0 Å². The first-order valence-electron chi connectivity index (χ1n) is 5.94. The predicted molar refractivity (Wildman–Crippen MR) is 76.5 cm³/mol. The van der Waals surface area contributed by atoms with Crippen LogP contribution in [0.5, 0.6) is 0 Å². The number of amides is 2. The van der Waals surface area contributed by atoms with Crippen LogP contribution in [0.25, 0.3) is 0 Å². The summed E-state index contributed by atoms with van der Waals surface area (Å²) in [6, 6.07) is 6.78. The van der Waals surface area contributed by atoms with Gasteiger partial charge in [-0.05, 0) is 34.5 Å². The maximum absolute atomic E-state index is 11.8. The van der Waals surface area contributed by atoms with Crippen LogP contribution in [0.4, 0.5) is 0 Å². The monoisotopic (exact) mass is 360 g/mol. The van der Waals surface area contributed by atoms with Crippen LogP contribution in [0.1, 0.15) is 16.8 Å². The summed E-state index contributed by atoms with van der Waals surface area (Å²) in [5.74, 6) is -1.69. The quantitative estimate of drug-likeness (QED) is 0.757. The summed E-state index contributed by atoms with van der Waals surface area (Å²) in [6.07, 6.45) is 0.291. The molecule has 1 fully saturated rings. The molecule has 1 atom stereocenters. The van der Waals surface area contributed by atoms with Crippen LogP contribution < -0.4 is 10.9 Å². The lowest BCUT2D eigenvalue weighted by Crippen LogP contribution is -2.44. The van der Waals surface area contributed by atoms with Crippen molar-refractivity contribution in [3.8, 4) is 0 Å². The van der Waals surface area contributed by atoms with Crippen LogP contribution in [-0.2, 0) is 14.6 Å². The third kappa shape index (κ3) is 3.57. The summed E-state index contributed by atoms with van der Waals surface area (Å²) in [6.45, 7) is 0. The van der Waals surface area contributed by atoms with Crippen molar-refractivity contribution in [1.82, 2.24) is 10.9 Å². The van der Waals surface area contributed by atoms with E-state index in [0.717, 1.165) is 0 Å². The summed E-state index contributed by atoms with van der Waals surface area (Å²) in [5, 5.41) is 0. The molecule has 1 aliphatic rings. The van der Waals surface area contributed by atoms with Gasteiger partial charge in [0.2, 0.25) is 5.91 Å². The highest BCUT2D eigenvalue weighted by Gasteiger charge is 2.33. The van der Waals surface area contributed by atoms with Gasteiger partial charge in [0.15, 0.2) is 9.84 Å². The minimum atomic E-state index is -3.12. The lowest BCUT2D eigenvalue weighted by Gasteiger charge is -2.11. The molecule has 0 saturated carbocycles. The van der Waals surface area contributed by atoms with Gasteiger partial charge < -0.3 is 0 Å². The van der Waals surface area contributed by atoms with E-state index in [-0.39, 0.29) is 11.5 Å². The maximum Gasteiger partial charge on any atom is 0.270 e. The number of carbonyl (C=O) groups is 2. The lowest BCUT2D eigenvalue weighted by atomic mass is 10.1. The van der Waals surface area contributed by atoms with Crippen LogP contribution in [0, 0.1) is 5.92 Å². The molecule has 108 valence electrons. The number of nitrogens with one attached hydrogen (secondary N) is 2. The molecule has 1 aliphatic heterocycles. The van der Waals surface area contributed by atoms with Gasteiger partial charge in [-0.25, -0.2) is 8.42 Å². The topological polar surface area (TPSA) is 92.3 Å². The fourth-order valence-electron chi connectivity index (χ4n) is 1.93. The van der Waals surface area contributed by atoms with Crippen LogP contribution in [0.15, 0.2) is 28.7 Å². The van der Waals surface area contributed by atoms with E-state index in [4.69, 9.17) is 0 Å². The van der Waals surface area contributed by atoms with Crippen molar-refractivity contribution < 1.29 is 18.0 Å². The molecule has 1 aromatic rings. The molecule has 0 spiro atoms. The molecule has 2 N–H and O–H groups in total. The number of halogens is 1. The van der Waals surface area contributed by atoms with Crippen LogP contribution in [0.3, 0.4) is 0 Å². The van der Waals surface area contributed by atoms with E-state index in [1.807, 2.05) is 0 Å². The van der Waals surface area contributed by atoms with Gasteiger partial charge in [-0.1, -0.05) is 12.1 Å². The van der Waals surface area contributed by atoms with E-state index in [1.54, 1.807) is 24.3 Å². The fraction of sp³-hybridized carbons (Fsp3) is 0.333. The van der Waals surface area contributed by atoms with Gasteiger partial charge in [-0.2, -0.15) is 0 Å². The molecule has 0 bridgehead atoms. The smallest absolute Gasteiger partial charge is 0.270 e. The number of hydrazine groups is 1. The number of benzene rings is 1. The average Bonchev–Trinajstić information content (AvgIpc) is 2.76. The molecule has 20 heavy (non-hydrogen) atoms. The Morgan fingerprint density at radius 1 is 1.20 bits per heavy atom. The molecular weight excluding hydrogens is 348 g/mol. The second-order valence-electron chi connectivity index (χ2n) is 4.52. The average molecular weight is 361 g/mol. The van der Waals surface area contributed by atoms with Gasteiger partial charge in [0, 0.05) is 4.47 Å². The van der Waals surface area contributed by atoms with Crippen LogP contribution in [-0.4, -0.2) is 31.7 Å². The Bertz CT molecular complexity index is 645. The van der Waals surface area contributed by atoms with Crippen molar-refractivity contribution in [2.24, 2.45) is 5.92 Å². The number of hydrogen-bond acceptors (Lipinski definition) is 4. The summed E-state index contributed by atoms with van der Waals surface area (Å²) < 4.78 is 23.2. The number of sulfone groups is 1. The minimum Gasteiger partial charge on any atom is -0.273 e. The van der Waals surface area contributed by atoms with Crippen molar-refractivity contribution in [1.29, 1.82) is 0 Å². The number of rotatable bonds is 2. The zero-order chi connectivity index (χ0) is 14.8. The summed E-state index contributed by atoms with van der Waals surface area (Å²) in [5.41, 5.74) is 4.93. The van der Waals surface area contributed by atoms with Crippen molar-refractivity contribution in [3.05, 3.63) is 34.3 Å². The molecule has 2 amide bonds. The molecule has 1 unspecified atom stereocenters. The standard InChI is InChI=1S/C12H13BrN2O4S/c13-10-4-2-1-3-9(10)12(17)15-14-11(16)8-5-6-20(18,19)7-8/h1-4,8H,5-7H2,(H,14,16)(H,15,17). The normalized spacial score (nSPS) is 20.4. The van der Waals surface area contributed by atoms with E-state index in [1.165, 1.54) is 0 Å². The molecule has 1 aromatic carbocycles. The summed E-state index contributed by atoms with van der Waals surface area (Å²) >= 11 is 3.23. The predicted octanol–water partition coefficient (Wildman–Crippen LogP) is 0.645. The molecule has 6 nitrogen and oxygen atoms in total. The second-order valence-corrected chi connectivity index (χ2v) is 7.61. The van der Waals surface area contributed by atoms with Crippen molar-refractivity contribution in [2.45, 2.75) is 6.42 Å². The van der Waals surface area contributed by atoms with Crippen molar-refractivity contribution in [2.75, 3.05) is 11.5 Å². The Hall–Kier alpha value is -1.41. The largest absolute Gasteiger partial charge is 0.273 e. The number of carbonyl (C=O) groups excluding carboxylic acids is 2. The van der Waals surface area contributed by atoms with Crippen molar-refractivity contribution in [3.63, 3.8) is 0 Å². The molecule has 0 aliphatic carbocycles. The maximum atomic E-state index is 11.8. The Kier molecular flexibility index (Phi) is 4.44. The third-order valence-corrected chi connectivity index (χ3v) is 5.48. The Labute approximate surface area is 125 Å². The highest BCUT2D eigenvalue weighted by molar-refractivity contribution is 9.10. The molecule has 1 heterocycles. The van der Waals surface area contributed by atoms with Gasteiger partial charge in [0.1, 0.15) is 0 Å². The number of hydrogen-bond donors (Lipinski definition) is 2. The minimum absolute atomic E-state index is 0.0171. The van der Waals surface area contributed by atoms with E-state index in [9.17, 15) is 18.0 Å². The van der Waals surface area contributed by atoms with Gasteiger partial charge in [-0.3, -0.25) is 20.4 Å². The first kappa shape index (κ1) is 15.0. The van der Waals surface area contributed by atoms with Crippen LogP contribution in [0.2, 0.25) is 0 Å². The zero-order valence-corrected chi connectivity index (χ0v) is 12.8. The molecule has 0 radical (unpaired) electrons. The molecule has 8 heteroatoms. The summed E-state index contributed by atoms with van der Waals surface area (Å²) in [4.78, 5) is 23.6. The van der Waals surface area contributed by atoms with E-state index in [2.05, 4.69) is 26.8 Å². The van der Waals surface area contributed by atoms with E-state index >= 15 is 0 Å². The second kappa shape index (κ2) is 5.92. The lowest BCUT2D eigenvalue weighted by molar-refractivity contribution is -0.125. The first-order valence-corrected chi connectivity index (χ1v) is 8.55. The molecule has 2 rings (SSSR count). The van der Waals surface area contributed by atoms with E-state index in [0.29, 0.717) is 16.5 Å². The Morgan fingerprint density at radius 2 is 1.90 bits per heavy atom. The highest BCUT2D eigenvalue weighted by Crippen LogP contribution is 2.18. The van der Waals surface area contributed by atoms with Gasteiger partial charge >= 0.3 is 0 Å². The molecule has 0 aromatic heterocycles. The SMILES string of the molecule is O=C(NNC(=O)C1CCS(=O)(=O)C1)c1ccccc1Br. The van der Waals surface area contributed by atoms with Gasteiger partial charge in [0.05, 0.1) is 23.0 Å². The zero-order valence-electron chi connectivity index (χ0n) is 10.4. The van der Waals surface area contributed by atoms with Gasteiger partial charge in [0.25, 0.3) is 5.91 Å². The highest BCUT2D eigenvalue weighted by atomic mass is 79.9. The Morgan fingerprint density at radius 3 is 2.50 bits per heavy atom. The summed E-state index contributed by atoms with van der Waals surface area (Å²) in [7, 11) is -3.12. The van der Waals surface area contributed by atoms with Crippen LogP contribution >= 0.6 is 15.9 Å². The molecular formula is C12H13BrN2O4S. The third-order valence-electron chi connectivity index (χ3n) is 3.02. The first-order chi connectivity index (χ1) is 9.39. The van der Waals surface area contributed by atoms with Crippen molar-refractivity contribution >= 4 is 37.6 Å². The molecule has 1 saturated heterocycles. The Balaban J connectivity index is 1.91. The fourth-order valence-corrected chi connectivity index (χ4v) is 4.14. The van der Waals surface area contributed by atoms with E-state index < -0.39 is 27.6 Å².